The molecule has 1 aromatic rings. The van der Waals surface area contributed by atoms with E-state index >= 15 is 0 Å². The van der Waals surface area contributed by atoms with Gasteiger partial charge in [0.05, 0.1) is 51.8 Å². The molecule has 0 bridgehead atoms. The van der Waals surface area contributed by atoms with Crippen LogP contribution < -0.4 is 16.4 Å². The number of aliphatic hydroxyl groups is 3. The molecule has 0 spiro atoms. The smallest absolute Gasteiger partial charge is 0.315 e. The molecule has 0 aromatic carbocycles. The minimum atomic E-state index is -1.22. The van der Waals surface area contributed by atoms with E-state index in [1.165, 1.54) is 4.68 Å². The molecule has 1 saturated heterocycles. The first kappa shape index (κ1) is 27.2. The monoisotopic (exact) mass is 501 g/mol. The Bertz CT molecular complexity index is 806. The molecule has 35 heavy (non-hydrogen) atoms. The van der Waals surface area contributed by atoms with Gasteiger partial charge in [-0.1, -0.05) is 5.21 Å². The van der Waals surface area contributed by atoms with Crippen LogP contribution in [0.1, 0.15) is 12.1 Å². The average Bonchev–Trinajstić information content (AvgIpc) is 3.31. The third kappa shape index (κ3) is 7.79. The van der Waals surface area contributed by atoms with E-state index in [9.17, 15) is 14.7 Å². The van der Waals surface area contributed by atoms with E-state index < -0.39 is 36.4 Å². The van der Waals surface area contributed by atoms with Gasteiger partial charge in [-0.05, 0) is 6.42 Å². The van der Waals surface area contributed by atoms with Crippen molar-refractivity contribution in [2.45, 2.75) is 50.0 Å². The standard InChI is InChI=1S/C20H35N7O8/c21-14-9-15(23-20(32)22-1-5-28)17(31)19(35-12-16(30)26-3-7-33-8-4-26)18(14)34-11-13-10-27(2-6-29)25-24-13/h10,14-15,17-19,28-29,31H,1-9,11-12,21H2,(H2,22,23,32)/t14-,15+,17-,18+,19+/m0/s1. The fraction of sp³-hybridized carbons (Fsp3) is 0.800. The third-order valence-corrected chi connectivity index (χ3v) is 5.84. The summed E-state index contributed by atoms with van der Waals surface area (Å²) in [6, 6.07) is -1.98. The maximum Gasteiger partial charge on any atom is 0.315 e. The fourth-order valence-electron chi connectivity index (χ4n) is 4.05. The second kappa shape index (κ2) is 13.6. The van der Waals surface area contributed by atoms with E-state index in [2.05, 4.69) is 20.9 Å². The van der Waals surface area contributed by atoms with Crippen LogP contribution in [0.4, 0.5) is 4.79 Å². The summed E-state index contributed by atoms with van der Waals surface area (Å²) in [5.74, 6) is -0.254. The van der Waals surface area contributed by atoms with Crippen molar-refractivity contribution < 1.29 is 39.1 Å². The van der Waals surface area contributed by atoms with Crippen molar-refractivity contribution >= 4 is 11.9 Å². The Kier molecular flexibility index (Phi) is 10.6. The van der Waals surface area contributed by atoms with Gasteiger partial charge in [-0.2, -0.15) is 0 Å². The molecule has 1 aliphatic heterocycles. The van der Waals surface area contributed by atoms with E-state index in [1.807, 2.05) is 0 Å². The molecule has 15 nitrogen and oxygen atoms in total. The van der Waals surface area contributed by atoms with Crippen molar-refractivity contribution in [3.63, 3.8) is 0 Å². The second-order valence-corrected chi connectivity index (χ2v) is 8.36. The Morgan fingerprint density at radius 1 is 1.20 bits per heavy atom. The molecule has 7 N–H and O–H groups in total. The Morgan fingerprint density at radius 3 is 2.69 bits per heavy atom. The van der Waals surface area contributed by atoms with Gasteiger partial charge in [-0.3, -0.25) is 4.79 Å². The van der Waals surface area contributed by atoms with Crippen LogP contribution in [0.25, 0.3) is 0 Å². The predicted molar refractivity (Wildman–Crippen MR) is 119 cm³/mol. The highest BCUT2D eigenvalue weighted by Gasteiger charge is 2.45. The number of hydrogen-bond acceptors (Lipinski definition) is 11. The zero-order valence-corrected chi connectivity index (χ0v) is 19.5. The number of urea groups is 1. The lowest BCUT2D eigenvalue weighted by Gasteiger charge is -2.43. The van der Waals surface area contributed by atoms with Crippen molar-refractivity contribution in [3.05, 3.63) is 11.9 Å². The molecule has 2 aliphatic rings. The van der Waals surface area contributed by atoms with Crippen molar-refractivity contribution in [1.29, 1.82) is 0 Å². The molecule has 2 heterocycles. The first-order chi connectivity index (χ1) is 16.9. The molecule has 3 rings (SSSR count). The van der Waals surface area contributed by atoms with E-state index in [0.29, 0.717) is 32.0 Å². The molecule has 1 aromatic heterocycles. The summed E-state index contributed by atoms with van der Waals surface area (Å²) in [5.41, 5.74) is 6.84. The van der Waals surface area contributed by atoms with Gasteiger partial charge in [0.1, 0.15) is 30.6 Å². The van der Waals surface area contributed by atoms with Crippen LogP contribution >= 0.6 is 0 Å². The van der Waals surface area contributed by atoms with Crippen molar-refractivity contribution in [2.24, 2.45) is 5.73 Å². The summed E-state index contributed by atoms with van der Waals surface area (Å²) in [4.78, 5) is 26.3. The number of amides is 3. The predicted octanol–water partition coefficient (Wildman–Crippen LogP) is -3.85. The number of nitrogens with two attached hydrogens (primary N) is 1. The van der Waals surface area contributed by atoms with Crippen molar-refractivity contribution in [3.8, 4) is 0 Å². The molecule has 15 heteroatoms. The number of nitrogens with one attached hydrogen (secondary N) is 2. The number of carbonyl (C=O) groups is 2. The summed E-state index contributed by atoms with van der Waals surface area (Å²) in [5, 5.41) is 41.9. The lowest BCUT2D eigenvalue weighted by molar-refractivity contribution is -0.171. The summed E-state index contributed by atoms with van der Waals surface area (Å²) >= 11 is 0. The molecule has 2 fully saturated rings. The number of rotatable bonds is 11. The number of aliphatic hydroxyl groups excluding tert-OH is 3. The average molecular weight is 502 g/mol. The van der Waals surface area contributed by atoms with Gasteiger partial charge in [0.25, 0.3) is 0 Å². The summed E-state index contributed by atoms with van der Waals surface area (Å²) in [6.07, 6.45) is -1.23. The minimum absolute atomic E-state index is 0.0167. The Hall–Kier alpha value is -2.40. The topological polar surface area (TPSA) is 207 Å². The lowest BCUT2D eigenvalue weighted by atomic mass is 9.84. The zero-order valence-electron chi connectivity index (χ0n) is 19.5. The largest absolute Gasteiger partial charge is 0.395 e. The number of aromatic nitrogens is 3. The number of morpholine rings is 1. The van der Waals surface area contributed by atoms with Crippen molar-refractivity contribution in [1.82, 2.24) is 30.5 Å². The van der Waals surface area contributed by atoms with Crippen LogP contribution in [-0.2, 0) is 32.2 Å². The molecule has 5 atom stereocenters. The summed E-state index contributed by atoms with van der Waals surface area (Å²) in [7, 11) is 0. The van der Waals surface area contributed by atoms with Gasteiger partial charge in [-0.25, -0.2) is 9.48 Å². The second-order valence-electron chi connectivity index (χ2n) is 8.36. The molecule has 1 saturated carbocycles. The maximum absolute atomic E-state index is 12.6. The highest BCUT2D eigenvalue weighted by Crippen LogP contribution is 2.26. The van der Waals surface area contributed by atoms with Gasteiger partial charge in [0, 0.05) is 25.7 Å². The van der Waals surface area contributed by atoms with Crippen LogP contribution in [-0.4, -0.2) is 130 Å². The lowest BCUT2D eigenvalue weighted by Crippen LogP contribution is -2.65. The molecular formula is C20H35N7O8. The molecule has 0 unspecified atom stereocenters. The highest BCUT2D eigenvalue weighted by molar-refractivity contribution is 5.77. The summed E-state index contributed by atoms with van der Waals surface area (Å²) in [6.45, 7) is 1.53. The molecule has 0 radical (unpaired) electrons. The first-order valence-electron chi connectivity index (χ1n) is 11.6. The maximum atomic E-state index is 12.6. The van der Waals surface area contributed by atoms with Crippen LogP contribution in [0, 0.1) is 0 Å². The molecule has 1 aliphatic carbocycles. The minimum Gasteiger partial charge on any atom is -0.395 e. The van der Waals surface area contributed by atoms with Gasteiger partial charge < -0.3 is 50.8 Å². The molecule has 198 valence electrons. The number of ether oxygens (including phenoxy) is 3. The van der Waals surface area contributed by atoms with Crippen LogP contribution in [0.2, 0.25) is 0 Å². The van der Waals surface area contributed by atoms with Crippen LogP contribution in [0.5, 0.6) is 0 Å². The van der Waals surface area contributed by atoms with E-state index in [-0.39, 0.29) is 51.8 Å². The van der Waals surface area contributed by atoms with Crippen molar-refractivity contribution in [2.75, 3.05) is 52.7 Å². The fourth-order valence-corrected chi connectivity index (χ4v) is 4.05. The number of carbonyl (C=O) groups excluding carboxylic acids is 2. The summed E-state index contributed by atoms with van der Waals surface area (Å²) < 4.78 is 18.5. The number of hydrogen-bond donors (Lipinski definition) is 6. The third-order valence-electron chi connectivity index (χ3n) is 5.84. The highest BCUT2D eigenvalue weighted by atomic mass is 16.6. The zero-order chi connectivity index (χ0) is 25.2. The quantitative estimate of drug-likeness (QED) is 0.173. The number of nitrogens with zero attached hydrogens (tertiary/aromatic N) is 4. The molecular weight excluding hydrogens is 466 g/mol. The van der Waals surface area contributed by atoms with E-state index in [4.69, 9.17) is 30.2 Å². The van der Waals surface area contributed by atoms with E-state index in [0.717, 1.165) is 0 Å². The van der Waals surface area contributed by atoms with Crippen LogP contribution in [0.15, 0.2) is 6.20 Å². The SMILES string of the molecule is N[C@H]1C[C@@H](NC(=O)NCCO)[C@H](O)[C@@H](OCC(=O)N2CCOCC2)[C@@H]1OCc1cn(CCO)nn1. The molecule has 3 amide bonds. The van der Waals surface area contributed by atoms with Gasteiger partial charge >= 0.3 is 6.03 Å². The van der Waals surface area contributed by atoms with Gasteiger partial charge in [-0.15, -0.1) is 5.10 Å². The van der Waals surface area contributed by atoms with E-state index in [1.54, 1.807) is 11.1 Å². The normalized spacial score (nSPS) is 27.0. The van der Waals surface area contributed by atoms with Gasteiger partial charge in [0.2, 0.25) is 5.91 Å². The first-order valence-corrected chi connectivity index (χ1v) is 11.6. The van der Waals surface area contributed by atoms with Crippen LogP contribution in [0.3, 0.4) is 0 Å². The Balaban J connectivity index is 1.66. The Labute approximate surface area is 202 Å². The Morgan fingerprint density at radius 2 is 1.97 bits per heavy atom. The van der Waals surface area contributed by atoms with Gasteiger partial charge in [0.15, 0.2) is 0 Å².